The van der Waals surface area contributed by atoms with E-state index in [0.717, 1.165) is 11.8 Å². The fraction of sp³-hybridized carbons (Fsp3) is 0.118. The van der Waals surface area contributed by atoms with Gasteiger partial charge in [-0.05, 0) is 46.8 Å². The SMILES string of the molecule is CC(Sc1c(=O)o[nH][n+]1-c1ccccc1)C(=O)Nc1ccc(Cl)cc1Cl. The first-order chi connectivity index (χ1) is 12.5. The molecule has 9 heteroatoms. The number of hydrogen-bond donors (Lipinski definition) is 2. The van der Waals surface area contributed by atoms with Gasteiger partial charge in [-0.3, -0.25) is 9.32 Å². The van der Waals surface area contributed by atoms with Crippen LogP contribution in [0, 0.1) is 0 Å². The molecule has 1 unspecified atom stereocenters. The van der Waals surface area contributed by atoms with E-state index >= 15 is 0 Å². The highest BCUT2D eigenvalue weighted by Crippen LogP contribution is 2.27. The monoisotopic (exact) mass is 410 g/mol. The number of H-pyrrole nitrogens is 1. The van der Waals surface area contributed by atoms with E-state index in [9.17, 15) is 9.59 Å². The number of halogens is 2. The molecule has 6 nitrogen and oxygen atoms in total. The highest BCUT2D eigenvalue weighted by Gasteiger charge is 2.29. The van der Waals surface area contributed by atoms with Crippen molar-refractivity contribution in [3.63, 3.8) is 0 Å². The third kappa shape index (κ3) is 4.12. The molecular formula is C17H14Cl2N3O3S+. The maximum atomic E-state index is 12.5. The van der Waals surface area contributed by atoms with Gasteiger partial charge in [0.1, 0.15) is 0 Å². The number of carbonyl (C=O) groups is 1. The number of thioether (sulfide) groups is 1. The lowest BCUT2D eigenvalue weighted by Gasteiger charge is -2.10. The Morgan fingerprint density at radius 1 is 1.23 bits per heavy atom. The first-order valence-electron chi connectivity index (χ1n) is 7.57. The third-order valence-corrected chi connectivity index (χ3v) is 5.16. The van der Waals surface area contributed by atoms with Crippen molar-refractivity contribution in [2.24, 2.45) is 0 Å². The molecule has 0 aliphatic rings. The highest BCUT2D eigenvalue weighted by atomic mass is 35.5. The van der Waals surface area contributed by atoms with Gasteiger partial charge >= 0.3 is 10.7 Å². The molecule has 0 fully saturated rings. The van der Waals surface area contributed by atoms with Crippen LogP contribution >= 0.6 is 35.0 Å². The quantitative estimate of drug-likeness (QED) is 0.496. The summed E-state index contributed by atoms with van der Waals surface area (Å²) in [6.45, 7) is 1.69. The summed E-state index contributed by atoms with van der Waals surface area (Å²) in [5.41, 5.74) is 0.614. The van der Waals surface area contributed by atoms with Crippen molar-refractivity contribution in [2.45, 2.75) is 17.2 Å². The van der Waals surface area contributed by atoms with Crippen molar-refractivity contribution < 1.29 is 14.0 Å². The molecule has 0 aliphatic heterocycles. The molecule has 134 valence electrons. The van der Waals surface area contributed by atoms with Crippen molar-refractivity contribution in [3.8, 4) is 5.69 Å². The van der Waals surface area contributed by atoms with Crippen LogP contribution in [0.15, 0.2) is 62.9 Å². The smallest absolute Gasteiger partial charge is 0.324 e. The molecule has 1 atom stereocenters. The number of aromatic amines is 1. The number of benzene rings is 2. The number of carbonyl (C=O) groups excluding carboxylic acids is 1. The number of aromatic nitrogens is 2. The van der Waals surface area contributed by atoms with E-state index in [1.165, 1.54) is 4.68 Å². The summed E-state index contributed by atoms with van der Waals surface area (Å²) >= 11 is 13.0. The number of hydrogen-bond acceptors (Lipinski definition) is 4. The Morgan fingerprint density at radius 3 is 2.65 bits per heavy atom. The van der Waals surface area contributed by atoms with E-state index in [4.69, 9.17) is 27.7 Å². The molecule has 0 bridgehead atoms. The number of nitrogens with zero attached hydrogens (tertiary/aromatic N) is 1. The van der Waals surface area contributed by atoms with Gasteiger partial charge in [-0.15, -0.1) is 0 Å². The number of anilines is 1. The molecule has 26 heavy (non-hydrogen) atoms. The van der Waals surface area contributed by atoms with Crippen LogP contribution in [0.4, 0.5) is 5.69 Å². The molecule has 0 radical (unpaired) electrons. The molecule has 0 aliphatic carbocycles. The summed E-state index contributed by atoms with van der Waals surface area (Å²) in [6.07, 6.45) is 0. The second-order valence-electron chi connectivity index (χ2n) is 5.33. The topological polar surface area (TPSA) is 79.0 Å². The van der Waals surface area contributed by atoms with Gasteiger partial charge in [0, 0.05) is 17.2 Å². The van der Waals surface area contributed by atoms with Crippen LogP contribution in [0.5, 0.6) is 0 Å². The molecule has 0 saturated heterocycles. The van der Waals surface area contributed by atoms with Crippen LogP contribution in [-0.2, 0) is 4.79 Å². The van der Waals surface area contributed by atoms with Crippen molar-refractivity contribution in [2.75, 3.05) is 5.32 Å². The Morgan fingerprint density at radius 2 is 1.96 bits per heavy atom. The minimum atomic E-state index is -0.574. The summed E-state index contributed by atoms with van der Waals surface area (Å²) in [4.78, 5) is 24.5. The van der Waals surface area contributed by atoms with Crippen LogP contribution in [0.3, 0.4) is 0 Å². The van der Waals surface area contributed by atoms with Gasteiger partial charge in [0.2, 0.25) is 11.6 Å². The van der Waals surface area contributed by atoms with Crippen LogP contribution < -0.4 is 15.6 Å². The lowest BCUT2D eigenvalue weighted by molar-refractivity contribution is -0.704. The summed E-state index contributed by atoms with van der Waals surface area (Å²) in [5, 5.41) is 5.77. The predicted octanol–water partition coefficient (Wildman–Crippen LogP) is 3.67. The highest BCUT2D eigenvalue weighted by molar-refractivity contribution is 8.00. The molecule has 3 aromatic rings. The van der Waals surface area contributed by atoms with E-state index in [-0.39, 0.29) is 10.9 Å². The largest absolute Gasteiger partial charge is 0.442 e. The van der Waals surface area contributed by atoms with Crippen molar-refractivity contribution in [1.82, 2.24) is 5.27 Å². The average molecular weight is 411 g/mol. The fourth-order valence-corrected chi connectivity index (χ4v) is 3.50. The molecule has 0 saturated carbocycles. The molecule has 1 heterocycles. The second-order valence-corrected chi connectivity index (χ2v) is 7.50. The third-order valence-electron chi connectivity index (χ3n) is 3.47. The fourth-order valence-electron chi connectivity index (χ4n) is 2.16. The van der Waals surface area contributed by atoms with Crippen LogP contribution in [-0.4, -0.2) is 16.4 Å². The molecule has 2 aromatic carbocycles. The van der Waals surface area contributed by atoms with E-state index in [1.54, 1.807) is 25.1 Å². The lowest BCUT2D eigenvalue weighted by atomic mass is 10.3. The maximum absolute atomic E-state index is 12.5. The van der Waals surface area contributed by atoms with Gasteiger partial charge in [0.15, 0.2) is 0 Å². The van der Waals surface area contributed by atoms with Crippen LogP contribution in [0.1, 0.15) is 6.92 Å². The van der Waals surface area contributed by atoms with Gasteiger partial charge in [-0.2, -0.15) is 0 Å². The minimum Gasteiger partial charge on any atom is -0.324 e. The molecule has 2 N–H and O–H groups in total. The Kier molecular flexibility index (Phi) is 5.70. The first kappa shape index (κ1) is 18.6. The van der Waals surface area contributed by atoms with E-state index in [2.05, 4.69) is 10.6 Å². The lowest BCUT2D eigenvalue weighted by Crippen LogP contribution is -2.37. The Labute approximate surface area is 163 Å². The first-order valence-corrected chi connectivity index (χ1v) is 9.21. The Hall–Kier alpha value is -2.22. The molecule has 3 rings (SSSR count). The van der Waals surface area contributed by atoms with Crippen molar-refractivity contribution in [1.29, 1.82) is 0 Å². The molecular weight excluding hydrogens is 397 g/mol. The predicted molar refractivity (Wildman–Crippen MR) is 101 cm³/mol. The van der Waals surface area contributed by atoms with Gasteiger partial charge in [0.25, 0.3) is 0 Å². The zero-order valence-corrected chi connectivity index (χ0v) is 15.9. The normalized spacial score (nSPS) is 12.0. The van der Waals surface area contributed by atoms with Gasteiger partial charge < -0.3 is 5.32 Å². The van der Waals surface area contributed by atoms with Crippen molar-refractivity contribution >= 4 is 46.6 Å². The maximum Gasteiger partial charge on any atom is 0.442 e. The van der Waals surface area contributed by atoms with E-state index in [0.29, 0.717) is 21.4 Å². The van der Waals surface area contributed by atoms with Gasteiger partial charge in [-0.25, -0.2) is 4.79 Å². The standard InChI is InChI=1S/C17H13Cl2N3O3S/c1-10(15(23)20-14-8-7-11(18)9-13(14)19)26-16-17(24)25-21-22(16)12-5-3-2-4-6-12/h2-10H,1H3,(H-,20,21,23,24)/p+1. The Bertz CT molecular complexity index is 988. The molecule has 1 amide bonds. The zero-order chi connectivity index (χ0) is 18.7. The van der Waals surface area contributed by atoms with E-state index < -0.39 is 10.9 Å². The average Bonchev–Trinajstić information content (AvgIpc) is 2.98. The van der Waals surface area contributed by atoms with Gasteiger partial charge in [-0.1, -0.05) is 41.4 Å². The van der Waals surface area contributed by atoms with Crippen LogP contribution in [0.2, 0.25) is 10.0 Å². The second kappa shape index (κ2) is 7.99. The molecule has 1 aromatic heterocycles. The Balaban J connectivity index is 1.78. The number of rotatable bonds is 5. The van der Waals surface area contributed by atoms with E-state index in [1.807, 2.05) is 30.3 Å². The number of para-hydroxylation sites is 1. The van der Waals surface area contributed by atoms with Gasteiger partial charge in [0.05, 0.1) is 16.0 Å². The summed E-state index contributed by atoms with van der Waals surface area (Å²) in [5.74, 6) is -0.306. The summed E-state index contributed by atoms with van der Waals surface area (Å²) in [7, 11) is 0. The van der Waals surface area contributed by atoms with Crippen LogP contribution in [0.25, 0.3) is 5.69 Å². The zero-order valence-electron chi connectivity index (χ0n) is 13.5. The van der Waals surface area contributed by atoms with Crippen molar-refractivity contribution in [3.05, 3.63) is 69.0 Å². The minimum absolute atomic E-state index is 0.265. The number of amides is 1. The number of nitrogens with one attached hydrogen (secondary N) is 2. The molecule has 0 spiro atoms. The summed E-state index contributed by atoms with van der Waals surface area (Å²) < 4.78 is 6.37. The summed E-state index contributed by atoms with van der Waals surface area (Å²) in [6, 6.07) is 13.9.